The standard InChI is InChI=1S/C9H12BrNO/c10-8-3-1-2-7(4-8)5-9(11)6-12/h1-4,9,12H,5-6,11H2. The van der Waals surface area contributed by atoms with Crippen molar-refractivity contribution < 1.29 is 5.11 Å². The molecule has 3 N–H and O–H groups in total. The van der Waals surface area contributed by atoms with Gasteiger partial charge in [0.05, 0.1) is 6.61 Å². The fraction of sp³-hybridized carbons (Fsp3) is 0.333. The molecule has 2 nitrogen and oxygen atoms in total. The van der Waals surface area contributed by atoms with Crippen molar-refractivity contribution in [2.75, 3.05) is 6.61 Å². The summed E-state index contributed by atoms with van der Waals surface area (Å²) in [5.41, 5.74) is 6.73. The van der Waals surface area contributed by atoms with E-state index in [1.807, 2.05) is 24.3 Å². The zero-order valence-electron chi connectivity index (χ0n) is 6.70. The van der Waals surface area contributed by atoms with E-state index >= 15 is 0 Å². The Morgan fingerprint density at radius 2 is 2.25 bits per heavy atom. The quantitative estimate of drug-likeness (QED) is 0.822. The first-order valence-electron chi connectivity index (χ1n) is 3.83. The Hall–Kier alpha value is -0.380. The second kappa shape index (κ2) is 4.60. The maximum atomic E-state index is 8.73. The number of aliphatic hydroxyl groups excluding tert-OH is 1. The SMILES string of the molecule is NC(CO)Cc1cccc(Br)c1. The zero-order chi connectivity index (χ0) is 8.97. The first-order valence-corrected chi connectivity index (χ1v) is 4.62. The largest absolute Gasteiger partial charge is 0.395 e. The topological polar surface area (TPSA) is 46.2 Å². The molecule has 1 aromatic rings. The lowest BCUT2D eigenvalue weighted by Gasteiger charge is -2.07. The third-order valence-electron chi connectivity index (χ3n) is 1.62. The van der Waals surface area contributed by atoms with Gasteiger partial charge in [-0.1, -0.05) is 28.1 Å². The van der Waals surface area contributed by atoms with Gasteiger partial charge in [0.2, 0.25) is 0 Å². The average molecular weight is 230 g/mol. The molecule has 1 aromatic carbocycles. The predicted octanol–water partition coefficient (Wildman–Crippen LogP) is 1.31. The molecule has 0 heterocycles. The van der Waals surface area contributed by atoms with Crippen LogP contribution in [0.1, 0.15) is 5.56 Å². The van der Waals surface area contributed by atoms with Gasteiger partial charge >= 0.3 is 0 Å². The summed E-state index contributed by atoms with van der Waals surface area (Å²) < 4.78 is 1.05. The minimum absolute atomic E-state index is 0.0342. The van der Waals surface area contributed by atoms with Crippen molar-refractivity contribution in [3.05, 3.63) is 34.3 Å². The van der Waals surface area contributed by atoms with Gasteiger partial charge in [-0.15, -0.1) is 0 Å². The molecule has 1 atom stereocenters. The summed E-state index contributed by atoms with van der Waals surface area (Å²) in [6.45, 7) is 0.0342. The smallest absolute Gasteiger partial charge is 0.0585 e. The molecule has 0 saturated carbocycles. The molecule has 0 aliphatic heterocycles. The van der Waals surface area contributed by atoms with Crippen LogP contribution in [0.25, 0.3) is 0 Å². The summed E-state index contributed by atoms with van der Waals surface area (Å²) >= 11 is 3.37. The third-order valence-corrected chi connectivity index (χ3v) is 2.11. The molecule has 0 aromatic heterocycles. The van der Waals surface area contributed by atoms with Gasteiger partial charge in [-0.25, -0.2) is 0 Å². The van der Waals surface area contributed by atoms with Crippen LogP contribution in [-0.2, 0) is 6.42 Å². The monoisotopic (exact) mass is 229 g/mol. The Morgan fingerprint density at radius 1 is 1.50 bits per heavy atom. The Labute approximate surface area is 80.5 Å². The number of halogens is 1. The van der Waals surface area contributed by atoms with Crippen LogP contribution in [0.5, 0.6) is 0 Å². The Morgan fingerprint density at radius 3 is 2.83 bits per heavy atom. The summed E-state index contributed by atoms with van der Waals surface area (Å²) in [4.78, 5) is 0. The summed E-state index contributed by atoms with van der Waals surface area (Å²) in [5, 5.41) is 8.73. The number of rotatable bonds is 3. The average Bonchev–Trinajstić information content (AvgIpc) is 2.04. The Balaban J connectivity index is 2.63. The normalized spacial score (nSPS) is 12.9. The van der Waals surface area contributed by atoms with Gasteiger partial charge in [0.1, 0.15) is 0 Å². The molecule has 66 valence electrons. The molecule has 0 spiro atoms. The number of hydrogen-bond donors (Lipinski definition) is 2. The van der Waals surface area contributed by atoms with Crippen molar-refractivity contribution in [1.82, 2.24) is 0 Å². The first kappa shape index (κ1) is 9.71. The van der Waals surface area contributed by atoms with Crippen LogP contribution in [0, 0.1) is 0 Å². The van der Waals surface area contributed by atoms with E-state index in [4.69, 9.17) is 10.8 Å². The summed E-state index contributed by atoms with van der Waals surface area (Å²) in [6, 6.07) is 7.78. The van der Waals surface area contributed by atoms with E-state index in [1.54, 1.807) is 0 Å². The van der Waals surface area contributed by atoms with E-state index in [-0.39, 0.29) is 12.6 Å². The molecule has 1 rings (SSSR count). The highest BCUT2D eigenvalue weighted by Gasteiger charge is 2.01. The molecule has 3 heteroatoms. The number of hydrogen-bond acceptors (Lipinski definition) is 2. The maximum absolute atomic E-state index is 8.73. The van der Waals surface area contributed by atoms with Gasteiger partial charge in [0.25, 0.3) is 0 Å². The second-order valence-electron chi connectivity index (χ2n) is 2.78. The molecule has 0 amide bonds. The molecule has 0 radical (unpaired) electrons. The molecular formula is C9H12BrNO. The molecule has 0 aliphatic carbocycles. The second-order valence-corrected chi connectivity index (χ2v) is 3.69. The molecule has 0 saturated heterocycles. The Bertz CT molecular complexity index is 252. The van der Waals surface area contributed by atoms with Gasteiger partial charge < -0.3 is 10.8 Å². The van der Waals surface area contributed by atoms with E-state index in [0.717, 1.165) is 16.5 Å². The lowest BCUT2D eigenvalue weighted by atomic mass is 10.1. The van der Waals surface area contributed by atoms with Crippen LogP contribution in [0.15, 0.2) is 28.7 Å². The van der Waals surface area contributed by atoms with Crippen LogP contribution >= 0.6 is 15.9 Å². The highest BCUT2D eigenvalue weighted by molar-refractivity contribution is 9.10. The van der Waals surface area contributed by atoms with Gasteiger partial charge in [0.15, 0.2) is 0 Å². The number of benzene rings is 1. The van der Waals surface area contributed by atoms with Crippen molar-refractivity contribution in [3.63, 3.8) is 0 Å². The molecule has 0 fully saturated rings. The zero-order valence-corrected chi connectivity index (χ0v) is 8.29. The summed E-state index contributed by atoms with van der Waals surface area (Å²) in [6.07, 6.45) is 0.718. The summed E-state index contributed by atoms with van der Waals surface area (Å²) in [7, 11) is 0. The highest BCUT2D eigenvalue weighted by atomic mass is 79.9. The molecule has 1 unspecified atom stereocenters. The van der Waals surface area contributed by atoms with Crippen molar-refractivity contribution in [2.45, 2.75) is 12.5 Å². The maximum Gasteiger partial charge on any atom is 0.0585 e. The van der Waals surface area contributed by atoms with Crippen LogP contribution in [-0.4, -0.2) is 17.8 Å². The van der Waals surface area contributed by atoms with Crippen LogP contribution in [0.3, 0.4) is 0 Å². The van der Waals surface area contributed by atoms with Crippen molar-refractivity contribution in [2.24, 2.45) is 5.73 Å². The van der Waals surface area contributed by atoms with E-state index in [2.05, 4.69) is 15.9 Å². The van der Waals surface area contributed by atoms with E-state index < -0.39 is 0 Å². The predicted molar refractivity (Wildman–Crippen MR) is 52.9 cm³/mol. The third kappa shape index (κ3) is 2.93. The van der Waals surface area contributed by atoms with E-state index in [0.29, 0.717) is 0 Å². The van der Waals surface area contributed by atoms with Crippen molar-refractivity contribution in [1.29, 1.82) is 0 Å². The molecule has 12 heavy (non-hydrogen) atoms. The Kier molecular flexibility index (Phi) is 3.72. The van der Waals surface area contributed by atoms with Gasteiger partial charge in [-0.3, -0.25) is 0 Å². The van der Waals surface area contributed by atoms with E-state index in [9.17, 15) is 0 Å². The van der Waals surface area contributed by atoms with Crippen LogP contribution in [0.4, 0.5) is 0 Å². The van der Waals surface area contributed by atoms with Crippen LogP contribution in [0.2, 0.25) is 0 Å². The first-order chi connectivity index (χ1) is 5.72. The van der Waals surface area contributed by atoms with E-state index in [1.165, 1.54) is 0 Å². The fourth-order valence-electron chi connectivity index (χ4n) is 1.03. The highest BCUT2D eigenvalue weighted by Crippen LogP contribution is 2.12. The van der Waals surface area contributed by atoms with Crippen molar-refractivity contribution >= 4 is 15.9 Å². The molecule has 0 aliphatic rings. The van der Waals surface area contributed by atoms with Crippen LogP contribution < -0.4 is 5.73 Å². The minimum Gasteiger partial charge on any atom is -0.395 e. The number of nitrogens with two attached hydrogens (primary N) is 1. The van der Waals surface area contributed by atoms with Gasteiger partial charge in [0, 0.05) is 10.5 Å². The lowest BCUT2D eigenvalue weighted by molar-refractivity contribution is 0.265. The molecule has 0 bridgehead atoms. The van der Waals surface area contributed by atoms with Crippen molar-refractivity contribution in [3.8, 4) is 0 Å². The summed E-state index contributed by atoms with van der Waals surface area (Å²) in [5.74, 6) is 0. The molecular weight excluding hydrogens is 218 g/mol. The van der Waals surface area contributed by atoms with Gasteiger partial charge in [-0.05, 0) is 24.1 Å². The number of aliphatic hydroxyl groups is 1. The fourth-order valence-corrected chi connectivity index (χ4v) is 1.48. The minimum atomic E-state index is -0.153. The lowest BCUT2D eigenvalue weighted by Crippen LogP contribution is -2.26. The van der Waals surface area contributed by atoms with Gasteiger partial charge in [-0.2, -0.15) is 0 Å².